The maximum Gasteiger partial charge on any atom is 0.411 e. The molecule has 1 N–H and O–H groups in total. The Hall–Kier alpha value is -0.110. The molecule has 0 fully saturated rings. The van der Waals surface area contributed by atoms with Crippen molar-refractivity contribution in [2.24, 2.45) is 0 Å². The Labute approximate surface area is 117 Å². The van der Waals surface area contributed by atoms with Crippen molar-refractivity contribution in [1.82, 2.24) is 5.32 Å². The van der Waals surface area contributed by atoms with Gasteiger partial charge < -0.3 is 10.1 Å². The highest BCUT2D eigenvalue weighted by atomic mass is 79.9. The molecular weight excluding hydrogens is 331 g/mol. The van der Waals surface area contributed by atoms with Gasteiger partial charge in [-0.3, -0.25) is 0 Å². The van der Waals surface area contributed by atoms with Crippen molar-refractivity contribution < 1.29 is 17.9 Å². The van der Waals surface area contributed by atoms with Crippen LogP contribution in [0, 0.1) is 0 Å². The molecule has 7 heteroatoms. The molecule has 0 amide bonds. The van der Waals surface area contributed by atoms with Crippen molar-refractivity contribution in [2.45, 2.75) is 25.6 Å². The van der Waals surface area contributed by atoms with Crippen LogP contribution >= 0.6 is 27.3 Å². The minimum atomic E-state index is -4.25. The normalized spacial score (nSPS) is 13.8. The first-order valence-corrected chi connectivity index (χ1v) is 7.22. The van der Waals surface area contributed by atoms with Crippen LogP contribution in [0.2, 0.25) is 0 Å². The first kappa shape index (κ1) is 15.9. The Morgan fingerprint density at radius 1 is 1.50 bits per heavy atom. The fourth-order valence-corrected chi connectivity index (χ4v) is 3.28. The Morgan fingerprint density at radius 2 is 2.22 bits per heavy atom. The smallest absolute Gasteiger partial charge is 0.372 e. The second-order valence-electron chi connectivity index (χ2n) is 3.70. The highest BCUT2D eigenvalue weighted by molar-refractivity contribution is 9.10. The van der Waals surface area contributed by atoms with E-state index in [9.17, 15) is 13.2 Å². The van der Waals surface area contributed by atoms with Gasteiger partial charge in [0, 0.05) is 22.0 Å². The number of thiophene rings is 1. The topological polar surface area (TPSA) is 21.3 Å². The van der Waals surface area contributed by atoms with Crippen LogP contribution in [0.1, 0.15) is 24.3 Å². The molecule has 104 valence electrons. The second-order valence-corrected chi connectivity index (χ2v) is 5.50. The molecule has 1 rings (SSSR count). The number of hydrogen-bond donors (Lipinski definition) is 1. The van der Waals surface area contributed by atoms with Crippen LogP contribution < -0.4 is 5.32 Å². The minimum Gasteiger partial charge on any atom is -0.372 e. The lowest BCUT2D eigenvalue weighted by Crippen LogP contribution is -2.23. The van der Waals surface area contributed by atoms with E-state index in [0.29, 0.717) is 6.42 Å². The molecule has 2 nitrogen and oxygen atoms in total. The standard InChI is InChI=1S/C11H15BrF3NOS/c1-2-16-9(10-8(12)4-6-18-10)3-5-17-7-11(13,14)15/h4,6,9,16H,2-3,5,7H2,1H3. The Kier molecular flexibility index (Phi) is 6.62. The number of alkyl halides is 3. The predicted molar refractivity (Wildman–Crippen MR) is 69.9 cm³/mol. The zero-order chi connectivity index (χ0) is 13.6. The number of hydrogen-bond acceptors (Lipinski definition) is 3. The van der Waals surface area contributed by atoms with E-state index in [1.165, 1.54) is 0 Å². The lowest BCUT2D eigenvalue weighted by molar-refractivity contribution is -0.174. The fraction of sp³-hybridized carbons (Fsp3) is 0.636. The van der Waals surface area contributed by atoms with E-state index in [2.05, 4.69) is 26.0 Å². The summed E-state index contributed by atoms with van der Waals surface area (Å²) in [5, 5.41) is 5.19. The molecule has 1 atom stereocenters. The summed E-state index contributed by atoms with van der Waals surface area (Å²) in [4.78, 5) is 1.09. The summed E-state index contributed by atoms with van der Waals surface area (Å²) in [6.07, 6.45) is -3.74. The maximum atomic E-state index is 11.9. The molecule has 0 aromatic carbocycles. The monoisotopic (exact) mass is 345 g/mol. The van der Waals surface area contributed by atoms with Gasteiger partial charge in [-0.25, -0.2) is 0 Å². The summed E-state index contributed by atoms with van der Waals surface area (Å²) in [5.74, 6) is 0. The lowest BCUT2D eigenvalue weighted by atomic mass is 10.2. The molecule has 0 saturated heterocycles. The summed E-state index contributed by atoms with van der Waals surface area (Å²) in [7, 11) is 0. The van der Waals surface area contributed by atoms with E-state index in [0.717, 1.165) is 15.9 Å². The fourth-order valence-electron chi connectivity index (χ4n) is 1.52. The van der Waals surface area contributed by atoms with E-state index in [1.807, 2.05) is 18.4 Å². The Bertz CT molecular complexity index is 356. The van der Waals surface area contributed by atoms with E-state index >= 15 is 0 Å². The number of ether oxygens (including phenoxy) is 1. The predicted octanol–water partition coefficient (Wildman–Crippen LogP) is 4.13. The van der Waals surface area contributed by atoms with Crippen LogP contribution in [-0.4, -0.2) is 25.9 Å². The molecule has 1 heterocycles. The van der Waals surface area contributed by atoms with E-state index in [-0.39, 0.29) is 12.6 Å². The first-order valence-electron chi connectivity index (χ1n) is 5.54. The third-order valence-electron chi connectivity index (χ3n) is 2.23. The van der Waals surface area contributed by atoms with E-state index in [4.69, 9.17) is 0 Å². The molecule has 0 saturated carbocycles. The zero-order valence-electron chi connectivity index (χ0n) is 9.89. The van der Waals surface area contributed by atoms with Gasteiger partial charge in [-0.1, -0.05) is 6.92 Å². The highest BCUT2D eigenvalue weighted by Crippen LogP contribution is 2.31. The van der Waals surface area contributed by atoms with Gasteiger partial charge in [-0.15, -0.1) is 11.3 Å². The molecule has 0 bridgehead atoms. The average Bonchev–Trinajstić information content (AvgIpc) is 2.68. The maximum absolute atomic E-state index is 11.9. The number of halogens is 4. The van der Waals surface area contributed by atoms with Gasteiger partial charge in [-0.2, -0.15) is 13.2 Å². The molecular formula is C11H15BrF3NOS. The van der Waals surface area contributed by atoms with Gasteiger partial charge in [0.05, 0.1) is 0 Å². The van der Waals surface area contributed by atoms with Gasteiger partial charge in [0.2, 0.25) is 0 Å². The summed E-state index contributed by atoms with van der Waals surface area (Å²) >= 11 is 5.00. The molecule has 0 aliphatic rings. The molecule has 1 aromatic heterocycles. The summed E-state index contributed by atoms with van der Waals surface area (Å²) in [6, 6.07) is 1.96. The molecule has 0 aliphatic carbocycles. The average molecular weight is 346 g/mol. The van der Waals surface area contributed by atoms with Crippen molar-refractivity contribution in [1.29, 1.82) is 0 Å². The third-order valence-corrected chi connectivity index (χ3v) is 4.21. The Morgan fingerprint density at radius 3 is 2.72 bits per heavy atom. The van der Waals surface area contributed by atoms with Gasteiger partial charge in [-0.05, 0) is 40.3 Å². The lowest BCUT2D eigenvalue weighted by Gasteiger charge is -2.17. The molecule has 18 heavy (non-hydrogen) atoms. The SMILES string of the molecule is CCNC(CCOCC(F)(F)F)c1sccc1Br. The van der Waals surface area contributed by atoms with Gasteiger partial charge >= 0.3 is 6.18 Å². The summed E-state index contributed by atoms with van der Waals surface area (Å²) in [5.41, 5.74) is 0. The largest absolute Gasteiger partial charge is 0.411 e. The molecule has 1 unspecified atom stereocenters. The van der Waals surface area contributed by atoms with Crippen LogP contribution in [0.3, 0.4) is 0 Å². The number of rotatable bonds is 7. The Balaban J connectivity index is 2.42. The van der Waals surface area contributed by atoms with Crippen molar-refractivity contribution >= 4 is 27.3 Å². The molecule has 0 aliphatic heterocycles. The molecule has 1 aromatic rings. The van der Waals surface area contributed by atoms with Crippen LogP contribution in [0.5, 0.6) is 0 Å². The molecule has 0 radical (unpaired) electrons. The van der Waals surface area contributed by atoms with Crippen molar-refractivity contribution in [2.75, 3.05) is 19.8 Å². The minimum absolute atomic E-state index is 0.0256. The van der Waals surface area contributed by atoms with Gasteiger partial charge in [0.25, 0.3) is 0 Å². The second kappa shape index (κ2) is 7.47. The first-order chi connectivity index (χ1) is 8.44. The molecule has 0 spiro atoms. The van der Waals surface area contributed by atoms with Crippen LogP contribution in [-0.2, 0) is 4.74 Å². The quantitative estimate of drug-likeness (QED) is 0.750. The summed E-state index contributed by atoms with van der Waals surface area (Å²) < 4.78 is 41.4. The van der Waals surface area contributed by atoms with Crippen LogP contribution in [0.25, 0.3) is 0 Å². The van der Waals surface area contributed by atoms with E-state index < -0.39 is 12.8 Å². The zero-order valence-corrected chi connectivity index (χ0v) is 12.3. The van der Waals surface area contributed by atoms with Crippen LogP contribution in [0.15, 0.2) is 15.9 Å². The van der Waals surface area contributed by atoms with E-state index in [1.54, 1.807) is 11.3 Å². The third kappa shape index (κ3) is 5.69. The van der Waals surface area contributed by atoms with Crippen LogP contribution in [0.4, 0.5) is 13.2 Å². The van der Waals surface area contributed by atoms with Gasteiger partial charge in [0.15, 0.2) is 0 Å². The van der Waals surface area contributed by atoms with Crippen molar-refractivity contribution in [3.63, 3.8) is 0 Å². The van der Waals surface area contributed by atoms with Crippen molar-refractivity contribution in [3.8, 4) is 0 Å². The van der Waals surface area contributed by atoms with Gasteiger partial charge in [0.1, 0.15) is 6.61 Å². The summed E-state index contributed by atoms with van der Waals surface area (Å²) in [6.45, 7) is 1.62. The highest BCUT2D eigenvalue weighted by Gasteiger charge is 2.27. The number of nitrogens with one attached hydrogen (secondary N) is 1. The van der Waals surface area contributed by atoms with Crippen molar-refractivity contribution in [3.05, 3.63) is 20.8 Å².